The number of non-ortho nitro benzene ring substituents is 1. The molecule has 0 spiro atoms. The van der Waals surface area contributed by atoms with Gasteiger partial charge in [-0.2, -0.15) is 0 Å². The number of aromatic nitrogens is 1. The molecule has 0 bridgehead atoms. The van der Waals surface area contributed by atoms with Crippen molar-refractivity contribution in [1.29, 1.82) is 0 Å². The van der Waals surface area contributed by atoms with E-state index in [-0.39, 0.29) is 17.8 Å². The molecule has 0 aliphatic carbocycles. The number of nitro groups is 1. The zero-order chi connectivity index (χ0) is 19.0. The molecule has 1 aliphatic rings. The summed E-state index contributed by atoms with van der Waals surface area (Å²) in [4.78, 5) is 16.8. The zero-order valence-corrected chi connectivity index (χ0v) is 15.2. The van der Waals surface area contributed by atoms with Gasteiger partial charge in [0.15, 0.2) is 5.11 Å². The van der Waals surface area contributed by atoms with Crippen LogP contribution in [-0.4, -0.2) is 27.0 Å². The molecule has 1 aromatic carbocycles. The fraction of sp³-hybridized carbons (Fsp3) is 0.158. The van der Waals surface area contributed by atoms with Crippen LogP contribution >= 0.6 is 12.2 Å². The van der Waals surface area contributed by atoms with Gasteiger partial charge in [-0.15, -0.1) is 0 Å². The Kier molecular flexibility index (Phi) is 4.33. The number of hydrogen-bond acceptors (Lipinski definition) is 5. The summed E-state index contributed by atoms with van der Waals surface area (Å²) >= 11 is 5.42. The highest BCUT2D eigenvalue weighted by atomic mass is 32.1. The zero-order valence-electron chi connectivity index (χ0n) is 14.4. The van der Waals surface area contributed by atoms with Crippen LogP contribution in [0, 0.1) is 10.1 Å². The Labute approximate surface area is 160 Å². The van der Waals surface area contributed by atoms with Gasteiger partial charge < -0.3 is 14.6 Å². The lowest BCUT2D eigenvalue weighted by Crippen LogP contribution is -2.24. The van der Waals surface area contributed by atoms with Crippen molar-refractivity contribution in [2.75, 3.05) is 7.05 Å². The van der Waals surface area contributed by atoms with Crippen LogP contribution in [0.2, 0.25) is 0 Å². The molecule has 2 atom stereocenters. The number of furan rings is 1. The third kappa shape index (κ3) is 3.15. The molecule has 0 radical (unpaired) electrons. The molecule has 8 heteroatoms. The Morgan fingerprint density at radius 3 is 2.63 bits per heavy atom. The second kappa shape index (κ2) is 6.81. The molecular formula is C19H16N4O3S. The normalized spacial score (nSPS) is 19.1. The summed E-state index contributed by atoms with van der Waals surface area (Å²) in [6.07, 6.45) is 1.75. The van der Waals surface area contributed by atoms with E-state index in [2.05, 4.69) is 10.3 Å². The standard InChI is InChI=1S/C19H16N4O3S/c1-22-18(17(21-19(22)27)14-4-2-3-11-20-14)16-10-9-15(26-16)12-5-7-13(8-6-12)23(24)25/h2-11,17-18H,1H3,(H,21,27)/t17-,18+/m0/s1. The van der Waals surface area contributed by atoms with Gasteiger partial charge in [0.1, 0.15) is 17.6 Å². The Morgan fingerprint density at radius 2 is 1.96 bits per heavy atom. The van der Waals surface area contributed by atoms with Crippen molar-refractivity contribution in [1.82, 2.24) is 15.2 Å². The Bertz CT molecular complexity index is 988. The van der Waals surface area contributed by atoms with Gasteiger partial charge >= 0.3 is 0 Å². The predicted molar refractivity (Wildman–Crippen MR) is 104 cm³/mol. The molecule has 0 unspecified atom stereocenters. The summed E-state index contributed by atoms with van der Waals surface area (Å²) in [5.74, 6) is 1.39. The van der Waals surface area contributed by atoms with Crippen molar-refractivity contribution in [2.45, 2.75) is 12.1 Å². The number of benzene rings is 1. The molecule has 1 saturated heterocycles. The molecule has 136 valence electrons. The second-order valence-corrected chi connectivity index (χ2v) is 6.63. The molecule has 2 aromatic heterocycles. The van der Waals surface area contributed by atoms with Crippen LogP contribution in [0.3, 0.4) is 0 Å². The van der Waals surface area contributed by atoms with Crippen LogP contribution in [-0.2, 0) is 0 Å². The van der Waals surface area contributed by atoms with Gasteiger partial charge in [-0.25, -0.2) is 0 Å². The van der Waals surface area contributed by atoms with Crippen molar-refractivity contribution in [2.24, 2.45) is 0 Å². The van der Waals surface area contributed by atoms with Gasteiger partial charge in [0.2, 0.25) is 0 Å². The first kappa shape index (κ1) is 17.2. The maximum Gasteiger partial charge on any atom is 0.269 e. The Morgan fingerprint density at radius 1 is 1.19 bits per heavy atom. The molecule has 4 rings (SSSR count). The molecule has 1 N–H and O–H groups in total. The third-order valence-corrected chi connectivity index (χ3v) is 5.03. The van der Waals surface area contributed by atoms with Crippen molar-refractivity contribution < 1.29 is 9.34 Å². The number of nitro benzene ring substituents is 1. The average molecular weight is 380 g/mol. The first-order valence-electron chi connectivity index (χ1n) is 8.33. The average Bonchev–Trinajstić information content (AvgIpc) is 3.28. The second-order valence-electron chi connectivity index (χ2n) is 6.24. The van der Waals surface area contributed by atoms with E-state index in [9.17, 15) is 10.1 Å². The number of nitrogens with one attached hydrogen (secondary N) is 1. The number of rotatable bonds is 4. The molecule has 0 amide bonds. The highest BCUT2D eigenvalue weighted by Gasteiger charge is 2.39. The van der Waals surface area contributed by atoms with Crippen LogP contribution in [0.15, 0.2) is 65.2 Å². The van der Waals surface area contributed by atoms with E-state index in [4.69, 9.17) is 16.6 Å². The Balaban J connectivity index is 1.66. The van der Waals surface area contributed by atoms with Crippen molar-refractivity contribution in [3.63, 3.8) is 0 Å². The Hall–Kier alpha value is -3.26. The van der Waals surface area contributed by atoms with E-state index in [0.717, 1.165) is 17.0 Å². The monoisotopic (exact) mass is 380 g/mol. The van der Waals surface area contributed by atoms with E-state index in [1.807, 2.05) is 42.3 Å². The van der Waals surface area contributed by atoms with Gasteiger partial charge in [0, 0.05) is 30.9 Å². The lowest BCUT2D eigenvalue weighted by molar-refractivity contribution is -0.384. The minimum absolute atomic E-state index is 0.0471. The van der Waals surface area contributed by atoms with Crippen molar-refractivity contribution in [3.05, 3.63) is 82.4 Å². The molecule has 1 fully saturated rings. The van der Waals surface area contributed by atoms with Gasteiger partial charge in [0.05, 0.1) is 16.7 Å². The fourth-order valence-electron chi connectivity index (χ4n) is 3.23. The van der Waals surface area contributed by atoms with E-state index >= 15 is 0 Å². The van der Waals surface area contributed by atoms with E-state index in [1.165, 1.54) is 12.1 Å². The summed E-state index contributed by atoms with van der Waals surface area (Å²) in [6, 6.07) is 15.5. The molecule has 3 aromatic rings. The minimum atomic E-state index is -0.422. The first-order valence-corrected chi connectivity index (χ1v) is 8.74. The van der Waals surface area contributed by atoms with Gasteiger partial charge in [-0.05, 0) is 48.6 Å². The fourth-order valence-corrected chi connectivity index (χ4v) is 3.47. The largest absolute Gasteiger partial charge is 0.459 e. The van der Waals surface area contributed by atoms with Crippen molar-refractivity contribution >= 4 is 23.0 Å². The predicted octanol–water partition coefficient (Wildman–Crippen LogP) is 3.85. The third-order valence-electron chi connectivity index (χ3n) is 4.62. The number of hydrogen-bond donors (Lipinski definition) is 1. The molecule has 1 aliphatic heterocycles. The minimum Gasteiger partial charge on any atom is -0.459 e. The van der Waals surface area contributed by atoms with E-state index in [0.29, 0.717) is 10.9 Å². The topological polar surface area (TPSA) is 84.4 Å². The summed E-state index contributed by atoms with van der Waals surface area (Å²) in [5.41, 5.74) is 1.70. The number of nitrogens with zero attached hydrogens (tertiary/aromatic N) is 3. The lowest BCUT2D eigenvalue weighted by Gasteiger charge is -2.21. The molecule has 0 saturated carbocycles. The first-order chi connectivity index (χ1) is 13.0. The van der Waals surface area contributed by atoms with Crippen LogP contribution in [0.1, 0.15) is 23.5 Å². The number of likely N-dealkylation sites (N-methyl/N-ethyl adjacent to an activating group) is 1. The maximum atomic E-state index is 10.8. The van der Waals surface area contributed by atoms with E-state index < -0.39 is 4.92 Å². The SMILES string of the molecule is CN1C(=S)N[C@@H](c2ccccn2)[C@H]1c1ccc(-c2ccc([N+](=O)[O-])cc2)o1. The number of pyridine rings is 1. The summed E-state index contributed by atoms with van der Waals surface area (Å²) in [7, 11) is 1.91. The van der Waals surface area contributed by atoms with Gasteiger partial charge in [0.25, 0.3) is 5.69 Å². The van der Waals surface area contributed by atoms with Gasteiger partial charge in [-0.1, -0.05) is 6.07 Å². The summed E-state index contributed by atoms with van der Waals surface area (Å²) < 4.78 is 6.09. The van der Waals surface area contributed by atoms with Crippen LogP contribution < -0.4 is 5.32 Å². The summed E-state index contributed by atoms with van der Waals surface area (Å²) in [6.45, 7) is 0. The smallest absolute Gasteiger partial charge is 0.269 e. The van der Waals surface area contributed by atoms with Crippen LogP contribution in [0.5, 0.6) is 0 Å². The van der Waals surface area contributed by atoms with Crippen molar-refractivity contribution in [3.8, 4) is 11.3 Å². The van der Waals surface area contributed by atoms with Crippen LogP contribution in [0.25, 0.3) is 11.3 Å². The lowest BCUT2D eigenvalue weighted by atomic mass is 10.0. The highest BCUT2D eigenvalue weighted by molar-refractivity contribution is 7.80. The van der Waals surface area contributed by atoms with E-state index in [1.54, 1.807) is 18.3 Å². The number of thiocarbonyl (C=S) groups is 1. The highest BCUT2D eigenvalue weighted by Crippen LogP contribution is 2.39. The van der Waals surface area contributed by atoms with Crippen LogP contribution in [0.4, 0.5) is 5.69 Å². The quantitative estimate of drug-likeness (QED) is 0.418. The maximum absolute atomic E-state index is 10.8. The molecular weight excluding hydrogens is 364 g/mol. The molecule has 3 heterocycles. The molecule has 7 nitrogen and oxygen atoms in total. The van der Waals surface area contributed by atoms with Gasteiger partial charge in [-0.3, -0.25) is 15.1 Å². The molecule has 27 heavy (non-hydrogen) atoms. The summed E-state index contributed by atoms with van der Waals surface area (Å²) in [5, 5.41) is 14.7.